The van der Waals surface area contributed by atoms with Crippen LogP contribution in [0.1, 0.15) is 11.1 Å². The van der Waals surface area contributed by atoms with Gasteiger partial charge < -0.3 is 5.32 Å². The molecule has 26 heavy (non-hydrogen) atoms. The van der Waals surface area contributed by atoms with Gasteiger partial charge in [0.05, 0.1) is 16.2 Å². The van der Waals surface area contributed by atoms with Gasteiger partial charge in [-0.05, 0) is 24.6 Å². The van der Waals surface area contributed by atoms with Gasteiger partial charge in [-0.25, -0.2) is 0 Å². The van der Waals surface area contributed by atoms with Crippen molar-refractivity contribution >= 4 is 27.8 Å². The number of nitrogens with one attached hydrogen (secondary N) is 1. The summed E-state index contributed by atoms with van der Waals surface area (Å²) in [6.45, 7) is 1.78. The van der Waals surface area contributed by atoms with Crippen LogP contribution in [-0.2, 0) is 6.18 Å². The van der Waals surface area contributed by atoms with Crippen LogP contribution in [0.4, 0.5) is 29.7 Å². The molecule has 0 aliphatic carbocycles. The number of hydrogen-bond acceptors (Lipinski definition) is 6. The summed E-state index contributed by atoms with van der Waals surface area (Å²) in [7, 11) is 0. The molecule has 0 aliphatic heterocycles. The Labute approximate surface area is 149 Å². The standard InChI is InChI=1S/C16H11F3N4O2S/c1-9-2-7-12(23(24)25)8-13(9)20-15-22-21-14(26-15)10-3-5-11(6-4-10)16(17,18)19/h2-8H,1H3,(H,20,22). The zero-order valence-corrected chi connectivity index (χ0v) is 14.1. The monoisotopic (exact) mass is 380 g/mol. The van der Waals surface area contributed by atoms with Crippen molar-refractivity contribution < 1.29 is 18.1 Å². The van der Waals surface area contributed by atoms with Crippen molar-refractivity contribution in [1.29, 1.82) is 0 Å². The molecule has 0 spiro atoms. The summed E-state index contributed by atoms with van der Waals surface area (Å²) < 4.78 is 37.8. The van der Waals surface area contributed by atoms with E-state index in [0.717, 1.165) is 29.0 Å². The van der Waals surface area contributed by atoms with Crippen LogP contribution in [0.15, 0.2) is 42.5 Å². The minimum absolute atomic E-state index is 0.0643. The number of nitrogens with zero attached hydrogens (tertiary/aromatic N) is 3. The number of nitro benzene ring substituents is 1. The van der Waals surface area contributed by atoms with Gasteiger partial charge in [0.2, 0.25) is 5.13 Å². The predicted octanol–water partition coefficient (Wildman–Crippen LogP) is 5.18. The SMILES string of the molecule is Cc1ccc([N+](=O)[O-])cc1Nc1nnc(-c2ccc(C(F)(F)F)cc2)s1. The number of hydrogen-bond donors (Lipinski definition) is 1. The van der Waals surface area contributed by atoms with Crippen LogP contribution < -0.4 is 5.32 Å². The van der Waals surface area contributed by atoms with E-state index in [1.807, 2.05) is 0 Å². The molecule has 134 valence electrons. The Morgan fingerprint density at radius 1 is 1.12 bits per heavy atom. The molecule has 6 nitrogen and oxygen atoms in total. The maximum atomic E-state index is 12.6. The fourth-order valence-corrected chi connectivity index (χ4v) is 2.93. The zero-order valence-electron chi connectivity index (χ0n) is 13.2. The molecule has 0 fully saturated rings. The van der Waals surface area contributed by atoms with Gasteiger partial charge in [0.25, 0.3) is 5.69 Å². The second kappa shape index (κ2) is 6.71. The number of anilines is 2. The first-order chi connectivity index (χ1) is 12.2. The van der Waals surface area contributed by atoms with E-state index in [1.54, 1.807) is 13.0 Å². The van der Waals surface area contributed by atoms with E-state index in [0.29, 0.717) is 21.4 Å². The first-order valence-electron chi connectivity index (χ1n) is 7.27. The summed E-state index contributed by atoms with van der Waals surface area (Å²) in [4.78, 5) is 10.4. The quantitative estimate of drug-likeness (QED) is 0.498. The maximum absolute atomic E-state index is 12.6. The summed E-state index contributed by atoms with van der Waals surface area (Å²) in [5.74, 6) is 0. The minimum atomic E-state index is -4.40. The fourth-order valence-electron chi connectivity index (χ4n) is 2.17. The average Bonchev–Trinajstić information content (AvgIpc) is 3.04. The van der Waals surface area contributed by atoms with Crippen molar-refractivity contribution in [3.63, 3.8) is 0 Å². The van der Waals surface area contributed by atoms with Crippen LogP contribution in [0, 0.1) is 17.0 Å². The molecule has 0 radical (unpaired) electrons. The third kappa shape index (κ3) is 3.80. The van der Waals surface area contributed by atoms with E-state index in [-0.39, 0.29) is 5.69 Å². The van der Waals surface area contributed by atoms with Crippen LogP contribution in [-0.4, -0.2) is 15.1 Å². The fraction of sp³-hybridized carbons (Fsp3) is 0.125. The molecule has 2 aromatic carbocycles. The number of aromatic nitrogens is 2. The van der Waals surface area contributed by atoms with Gasteiger partial charge in [-0.3, -0.25) is 10.1 Å². The second-order valence-corrected chi connectivity index (χ2v) is 6.35. The molecule has 0 atom stereocenters. The first kappa shape index (κ1) is 17.8. The van der Waals surface area contributed by atoms with Crippen molar-refractivity contribution in [3.8, 4) is 10.6 Å². The highest BCUT2D eigenvalue weighted by molar-refractivity contribution is 7.18. The number of alkyl halides is 3. The van der Waals surface area contributed by atoms with E-state index in [4.69, 9.17) is 0 Å². The van der Waals surface area contributed by atoms with Gasteiger partial charge >= 0.3 is 6.18 Å². The Balaban J connectivity index is 1.82. The van der Waals surface area contributed by atoms with E-state index >= 15 is 0 Å². The van der Waals surface area contributed by atoms with Gasteiger partial charge in [0.1, 0.15) is 5.01 Å². The average molecular weight is 380 g/mol. The molecule has 0 amide bonds. The number of benzene rings is 2. The molecule has 0 saturated heterocycles. The highest BCUT2D eigenvalue weighted by Gasteiger charge is 2.30. The lowest BCUT2D eigenvalue weighted by Gasteiger charge is -2.06. The molecule has 1 heterocycles. The number of nitro groups is 1. The van der Waals surface area contributed by atoms with Crippen LogP contribution in [0.3, 0.4) is 0 Å². The van der Waals surface area contributed by atoms with Crippen molar-refractivity contribution in [2.24, 2.45) is 0 Å². The molecule has 0 unspecified atom stereocenters. The highest BCUT2D eigenvalue weighted by atomic mass is 32.1. The lowest BCUT2D eigenvalue weighted by atomic mass is 10.1. The molecule has 1 aromatic heterocycles. The van der Waals surface area contributed by atoms with Gasteiger partial charge in [-0.1, -0.05) is 29.5 Å². The van der Waals surface area contributed by atoms with Crippen LogP contribution in [0.2, 0.25) is 0 Å². The van der Waals surface area contributed by atoms with Crippen LogP contribution in [0.5, 0.6) is 0 Å². The Bertz CT molecular complexity index is 955. The molecule has 10 heteroatoms. The molecule has 3 rings (SSSR count). The van der Waals surface area contributed by atoms with Crippen molar-refractivity contribution in [2.45, 2.75) is 13.1 Å². The van der Waals surface area contributed by atoms with Crippen molar-refractivity contribution in [2.75, 3.05) is 5.32 Å². The molecule has 0 aliphatic rings. The molecular weight excluding hydrogens is 369 g/mol. The van der Waals surface area contributed by atoms with E-state index in [1.165, 1.54) is 24.3 Å². The Morgan fingerprint density at radius 2 is 1.81 bits per heavy atom. The number of rotatable bonds is 4. The van der Waals surface area contributed by atoms with Gasteiger partial charge in [-0.2, -0.15) is 13.2 Å². The van der Waals surface area contributed by atoms with Crippen LogP contribution >= 0.6 is 11.3 Å². The first-order valence-corrected chi connectivity index (χ1v) is 8.09. The maximum Gasteiger partial charge on any atom is 0.416 e. The highest BCUT2D eigenvalue weighted by Crippen LogP contribution is 2.33. The predicted molar refractivity (Wildman–Crippen MR) is 91.5 cm³/mol. The van der Waals surface area contributed by atoms with E-state index in [9.17, 15) is 23.3 Å². The smallest absolute Gasteiger partial charge is 0.330 e. The topological polar surface area (TPSA) is 81.0 Å². The lowest BCUT2D eigenvalue weighted by molar-refractivity contribution is -0.384. The Morgan fingerprint density at radius 3 is 2.42 bits per heavy atom. The van der Waals surface area contributed by atoms with E-state index < -0.39 is 16.7 Å². The van der Waals surface area contributed by atoms with Gasteiger partial charge in [0.15, 0.2) is 0 Å². The summed E-state index contributed by atoms with van der Waals surface area (Å²) in [6.07, 6.45) is -4.40. The Kier molecular flexibility index (Phi) is 4.60. The summed E-state index contributed by atoms with van der Waals surface area (Å²) in [5, 5.41) is 22.5. The van der Waals surface area contributed by atoms with Crippen LogP contribution in [0.25, 0.3) is 10.6 Å². The minimum Gasteiger partial charge on any atom is -0.330 e. The normalized spacial score (nSPS) is 11.4. The van der Waals surface area contributed by atoms with Crippen molar-refractivity contribution in [1.82, 2.24) is 10.2 Å². The summed E-state index contributed by atoms with van der Waals surface area (Å²) in [5.41, 5.74) is 0.984. The summed E-state index contributed by atoms with van der Waals surface area (Å²) >= 11 is 1.13. The molecular formula is C16H11F3N4O2S. The summed E-state index contributed by atoms with van der Waals surface area (Å²) in [6, 6.07) is 9.00. The number of aryl methyl sites for hydroxylation is 1. The molecule has 1 N–H and O–H groups in total. The number of halogens is 3. The number of non-ortho nitro benzene ring substituents is 1. The lowest BCUT2D eigenvalue weighted by Crippen LogP contribution is -2.03. The largest absolute Gasteiger partial charge is 0.416 e. The second-order valence-electron chi connectivity index (χ2n) is 5.37. The molecule has 3 aromatic rings. The Hall–Kier alpha value is -3.01. The zero-order chi connectivity index (χ0) is 18.9. The van der Waals surface area contributed by atoms with Crippen molar-refractivity contribution in [3.05, 3.63) is 63.7 Å². The third-order valence-corrected chi connectivity index (χ3v) is 4.45. The molecule has 0 saturated carbocycles. The van der Waals surface area contributed by atoms with Gasteiger partial charge in [-0.15, -0.1) is 10.2 Å². The van der Waals surface area contributed by atoms with Gasteiger partial charge in [0, 0.05) is 17.7 Å². The van der Waals surface area contributed by atoms with E-state index in [2.05, 4.69) is 15.5 Å². The molecule has 0 bridgehead atoms. The third-order valence-electron chi connectivity index (χ3n) is 3.56.